The summed E-state index contributed by atoms with van der Waals surface area (Å²) in [6.45, 7) is 6.61. The van der Waals surface area contributed by atoms with E-state index in [-0.39, 0.29) is 30.1 Å². The van der Waals surface area contributed by atoms with E-state index in [2.05, 4.69) is 85.8 Å². The molecular formula is C50H86BrN7O6S2. The number of azo groups is 1. The number of carbonyl (C=O) groups excluding carboxylic acids is 2. The van der Waals surface area contributed by atoms with Crippen molar-refractivity contribution in [1.29, 1.82) is 0 Å². The van der Waals surface area contributed by atoms with E-state index in [1.165, 1.54) is 70.5 Å². The topological polar surface area (TPSA) is 174 Å². The minimum atomic E-state index is -0.618. The molecule has 0 spiro atoms. The van der Waals surface area contributed by atoms with Gasteiger partial charge in [0.2, 0.25) is 0 Å². The monoisotopic (exact) mass is 1020 g/mol. The van der Waals surface area contributed by atoms with Gasteiger partial charge in [-0.05, 0) is 209 Å². The second-order valence-electron chi connectivity index (χ2n) is 21.8. The lowest BCUT2D eigenvalue weighted by Crippen LogP contribution is -2.52. The molecule has 16 heteroatoms. The molecule has 0 bridgehead atoms. The van der Waals surface area contributed by atoms with Crippen LogP contribution >= 0.6 is 41.2 Å². The molecule has 376 valence electrons. The van der Waals surface area contributed by atoms with Crippen molar-refractivity contribution in [3.05, 3.63) is 6.33 Å². The summed E-state index contributed by atoms with van der Waals surface area (Å²) in [6, 6.07) is 0. The molecule has 8 aliphatic carbocycles. The zero-order valence-corrected chi connectivity index (χ0v) is 43.7. The molecule has 8 fully saturated rings. The average molecular weight is 1030 g/mol. The first-order valence-electron chi connectivity index (χ1n) is 24.8. The Hall–Kier alpha value is -1.30. The number of hydrogen-bond acceptors (Lipinski definition) is 14. The van der Waals surface area contributed by atoms with Crippen LogP contribution < -0.4 is 0 Å². The normalized spacial score (nSPS) is 42.1. The molecule has 16 atom stereocenters. The summed E-state index contributed by atoms with van der Waals surface area (Å²) in [5, 5.41) is 40.4. The quantitative estimate of drug-likeness (QED) is 0.139. The van der Waals surface area contributed by atoms with Crippen molar-refractivity contribution < 1.29 is 29.3 Å². The van der Waals surface area contributed by atoms with Crippen molar-refractivity contribution in [2.75, 3.05) is 51.9 Å². The predicted octanol–water partition coefficient (Wildman–Crippen LogP) is 9.65. The van der Waals surface area contributed by atoms with Gasteiger partial charge in [0, 0.05) is 26.1 Å². The van der Waals surface area contributed by atoms with Gasteiger partial charge in [-0.3, -0.25) is 9.59 Å². The number of carbonyl (C=O) groups is 2. The summed E-state index contributed by atoms with van der Waals surface area (Å²) in [5.41, 5.74) is -0.839. The maximum atomic E-state index is 13.1. The Morgan fingerprint density at radius 2 is 1.17 bits per heavy atom. The molecule has 0 saturated heterocycles. The maximum absolute atomic E-state index is 13.1. The number of hydrogen-bond donors (Lipinski definition) is 4. The van der Waals surface area contributed by atoms with Crippen molar-refractivity contribution in [2.24, 2.45) is 97.1 Å². The SMILES string of the molecule is C.C1=NCN=N1.COC[C@@]1(O)CC[C@H]2[C@H](CC[C@@H]3[C@@H]2CC[C@]2(C)[C@@H](C(=O)CBr)CC[C@@H]32)C1.COC[C@@]1(O)CC[C@H]2[C@H](CC[C@@H]3[C@@H]2CC[C@]2(C)[C@@H](C(=O)Cn4cnnn4)CC[C@@H]32)C1.CS.CS. The van der Waals surface area contributed by atoms with Gasteiger partial charge in [-0.1, -0.05) is 37.2 Å². The molecule has 1 aromatic heterocycles. The number of fused-ring (bicyclic) bond motifs is 10. The second kappa shape index (κ2) is 24.7. The van der Waals surface area contributed by atoms with Gasteiger partial charge in [-0.2, -0.15) is 30.4 Å². The van der Waals surface area contributed by atoms with E-state index >= 15 is 0 Å². The van der Waals surface area contributed by atoms with Gasteiger partial charge in [-0.25, -0.2) is 9.67 Å². The van der Waals surface area contributed by atoms with E-state index in [1.54, 1.807) is 37.7 Å². The van der Waals surface area contributed by atoms with Crippen LogP contribution in [-0.2, 0) is 25.6 Å². The predicted molar refractivity (Wildman–Crippen MR) is 271 cm³/mol. The molecule has 0 radical (unpaired) electrons. The fraction of sp³-hybridized carbons (Fsp3) is 0.920. The van der Waals surface area contributed by atoms with Crippen molar-refractivity contribution >= 4 is 59.1 Å². The molecule has 1 aliphatic heterocycles. The highest BCUT2D eigenvalue weighted by atomic mass is 79.9. The fourth-order valence-corrected chi connectivity index (χ4v) is 17.0. The highest BCUT2D eigenvalue weighted by Gasteiger charge is 2.60. The number of thiol groups is 2. The molecule has 2 N–H and O–H groups in total. The molecule has 0 unspecified atom stereocenters. The lowest BCUT2D eigenvalue weighted by molar-refractivity contribution is -0.136. The first-order valence-corrected chi connectivity index (χ1v) is 27.8. The molecular weight excluding hydrogens is 939 g/mol. The van der Waals surface area contributed by atoms with Gasteiger partial charge < -0.3 is 19.7 Å². The van der Waals surface area contributed by atoms with Crippen LogP contribution in [0.3, 0.4) is 0 Å². The summed E-state index contributed by atoms with van der Waals surface area (Å²) in [5.74, 6) is 8.62. The number of alkyl halides is 1. The Labute approximate surface area is 416 Å². The van der Waals surface area contributed by atoms with Crippen molar-refractivity contribution in [2.45, 2.75) is 155 Å². The lowest BCUT2D eigenvalue weighted by Gasteiger charge is -2.57. The molecule has 8 saturated carbocycles. The van der Waals surface area contributed by atoms with Crippen molar-refractivity contribution in [3.8, 4) is 0 Å². The molecule has 0 aromatic carbocycles. The van der Waals surface area contributed by atoms with Gasteiger partial charge in [0.25, 0.3) is 0 Å². The van der Waals surface area contributed by atoms with Crippen LogP contribution in [0.1, 0.15) is 137 Å². The van der Waals surface area contributed by atoms with Crippen LogP contribution in [0.15, 0.2) is 21.5 Å². The third kappa shape index (κ3) is 11.7. The number of ether oxygens (including phenoxy) is 2. The zero-order valence-electron chi connectivity index (χ0n) is 40.3. The molecule has 0 amide bonds. The number of halogens is 1. The average Bonchev–Trinajstić information content (AvgIpc) is 4.16. The van der Waals surface area contributed by atoms with Gasteiger partial charge >= 0.3 is 0 Å². The fourth-order valence-electron chi connectivity index (χ4n) is 16.6. The van der Waals surface area contributed by atoms with Crippen LogP contribution in [0.2, 0.25) is 0 Å². The summed E-state index contributed by atoms with van der Waals surface area (Å²) in [6.07, 6.45) is 26.9. The Morgan fingerprint density at radius 3 is 1.56 bits per heavy atom. The first kappa shape index (κ1) is 55.6. The lowest BCUT2D eigenvalue weighted by atomic mass is 9.49. The third-order valence-electron chi connectivity index (χ3n) is 19.0. The number of aliphatic hydroxyl groups is 2. The molecule has 9 aliphatic rings. The van der Waals surface area contributed by atoms with Gasteiger partial charge in [0.1, 0.15) is 25.0 Å². The standard InChI is InChI=1S/C23H36N4O3.C22H35BrO3.C2H3N3.2CH4S.CH4/c1-22-9-7-17-16-8-10-23(29,13-30-2)11-15(16)3-4-18(17)19(22)5-6-20(22)21(28)12-27-14-24-25-26-27;1-21-9-7-16-15-8-10-22(25,13-26-2)11-14(15)3-4-17(16)18(21)5-6-19(21)20(24)12-23;1-3-2-5-4-1;2*1-2;/h14-20,29H,3-13H2,1-2H3;14-19,25H,3-13H2,1-2H3;1H,2H2;2*2H,1H3;1H4/t15-,16+,17-,18-,19+,20-,22+,23-;14-,15+,16-,17-,18+,19-,21+,22-;;;;/m11..../s1. The second-order valence-corrected chi connectivity index (χ2v) is 22.4. The number of tetrazole rings is 1. The molecule has 1 aromatic rings. The van der Waals surface area contributed by atoms with E-state index in [0.29, 0.717) is 61.1 Å². The number of aliphatic imine (C=N–C) groups is 1. The van der Waals surface area contributed by atoms with Crippen LogP contribution in [0.25, 0.3) is 0 Å². The Bertz CT molecular complexity index is 1740. The first-order chi connectivity index (χ1) is 31.3. The summed E-state index contributed by atoms with van der Waals surface area (Å²) < 4.78 is 12.2. The molecule has 13 nitrogen and oxygen atoms in total. The highest BCUT2D eigenvalue weighted by molar-refractivity contribution is 9.09. The Balaban J connectivity index is 0.000000208. The number of Topliss-reactive ketones (excluding diaryl/α,β-unsaturated/α-hetero) is 2. The van der Waals surface area contributed by atoms with Crippen LogP contribution in [0.5, 0.6) is 0 Å². The zero-order chi connectivity index (χ0) is 47.0. The van der Waals surface area contributed by atoms with Crippen molar-refractivity contribution in [1.82, 2.24) is 20.2 Å². The van der Waals surface area contributed by atoms with Crippen LogP contribution in [0.4, 0.5) is 0 Å². The highest BCUT2D eigenvalue weighted by Crippen LogP contribution is 2.66. The van der Waals surface area contributed by atoms with Crippen LogP contribution in [-0.4, -0.2) is 111 Å². The minimum absolute atomic E-state index is 0. The smallest absolute Gasteiger partial charge is 0.158 e. The van der Waals surface area contributed by atoms with E-state index in [1.807, 2.05) is 0 Å². The van der Waals surface area contributed by atoms with Crippen molar-refractivity contribution in [3.63, 3.8) is 0 Å². The number of rotatable bonds is 9. The van der Waals surface area contributed by atoms with E-state index < -0.39 is 11.2 Å². The Morgan fingerprint density at radius 1 is 0.682 bits per heavy atom. The van der Waals surface area contributed by atoms with Gasteiger partial charge in [0.15, 0.2) is 12.5 Å². The molecule has 2 heterocycles. The Kier molecular flexibility index (Phi) is 20.8. The minimum Gasteiger partial charge on any atom is -0.387 e. The number of aromatic nitrogens is 4. The maximum Gasteiger partial charge on any atom is 0.158 e. The van der Waals surface area contributed by atoms with Crippen LogP contribution in [0, 0.1) is 81.8 Å². The summed E-state index contributed by atoms with van der Waals surface area (Å²) in [7, 11) is 3.40. The summed E-state index contributed by atoms with van der Waals surface area (Å²) >= 11 is 10.5. The third-order valence-corrected chi connectivity index (χ3v) is 19.6. The van der Waals surface area contributed by atoms with E-state index in [0.717, 1.165) is 92.8 Å². The number of methoxy groups -OCH3 is 2. The molecule has 66 heavy (non-hydrogen) atoms. The van der Waals surface area contributed by atoms with Gasteiger partial charge in [-0.15, -0.1) is 10.2 Å². The number of ketones is 2. The van der Waals surface area contributed by atoms with E-state index in [4.69, 9.17) is 9.47 Å². The summed E-state index contributed by atoms with van der Waals surface area (Å²) in [4.78, 5) is 29.3. The van der Waals surface area contributed by atoms with Gasteiger partial charge in [0.05, 0.1) is 29.7 Å². The largest absolute Gasteiger partial charge is 0.387 e. The number of nitrogens with zero attached hydrogens (tertiary/aromatic N) is 7. The molecule has 10 rings (SSSR count). The van der Waals surface area contributed by atoms with E-state index in [9.17, 15) is 19.8 Å².